The van der Waals surface area contributed by atoms with Crippen LogP contribution in [0.4, 0.5) is 0 Å². The molecule has 0 saturated carbocycles. The minimum absolute atomic E-state index is 0.0859. The van der Waals surface area contributed by atoms with Crippen molar-refractivity contribution in [2.24, 2.45) is 0 Å². The van der Waals surface area contributed by atoms with Crippen molar-refractivity contribution in [2.45, 2.75) is 38.5 Å². The molecule has 2 N–H and O–H groups in total. The number of aryl methyl sites for hydroxylation is 1. The number of carboxylic acids is 1. The third-order valence-electron chi connectivity index (χ3n) is 3.11. The zero-order valence-corrected chi connectivity index (χ0v) is 13.1. The third kappa shape index (κ3) is 4.56. The number of hydrogen-bond donors (Lipinski definition) is 2. The molecule has 1 unspecified atom stereocenters. The van der Waals surface area contributed by atoms with Crippen LogP contribution in [0.5, 0.6) is 0 Å². The lowest BCUT2D eigenvalue weighted by molar-refractivity contribution is -0.138. The zero-order chi connectivity index (χ0) is 15.3. The van der Waals surface area contributed by atoms with E-state index in [1.54, 1.807) is 13.8 Å². The number of carbonyl (C=O) groups excluding carboxylic acids is 1. The van der Waals surface area contributed by atoms with Crippen molar-refractivity contribution in [1.82, 2.24) is 5.32 Å². The molecule has 1 aromatic rings. The second kappa shape index (κ2) is 6.79. The van der Waals surface area contributed by atoms with E-state index in [1.807, 2.05) is 38.1 Å². The summed E-state index contributed by atoms with van der Waals surface area (Å²) < 4.78 is -0.955. The summed E-state index contributed by atoms with van der Waals surface area (Å²) in [5.74, 6) is -0.933. The standard InChI is InChI=1S/C15H21NO3S/c1-10-7-5-6-8-12(10)11(2)16-13(17)9-20-15(3,4)14(18)19/h5-8,11H,9H2,1-4H3,(H,16,17)(H,18,19). The normalized spacial score (nSPS) is 12.8. The molecule has 1 rings (SSSR count). The number of aliphatic carboxylic acids is 1. The molecule has 1 atom stereocenters. The molecule has 0 spiro atoms. The van der Waals surface area contributed by atoms with Gasteiger partial charge in [0, 0.05) is 0 Å². The van der Waals surface area contributed by atoms with Crippen molar-refractivity contribution in [3.63, 3.8) is 0 Å². The maximum atomic E-state index is 11.9. The summed E-state index contributed by atoms with van der Waals surface area (Å²) in [6.07, 6.45) is 0. The fraction of sp³-hybridized carbons (Fsp3) is 0.467. The predicted octanol–water partition coefficient (Wildman–Crippen LogP) is 2.77. The molecule has 0 heterocycles. The van der Waals surface area contributed by atoms with Crippen LogP contribution in [0, 0.1) is 6.92 Å². The van der Waals surface area contributed by atoms with Gasteiger partial charge in [-0.15, -0.1) is 11.8 Å². The molecule has 4 nitrogen and oxygen atoms in total. The number of nitrogens with one attached hydrogen (secondary N) is 1. The van der Waals surface area contributed by atoms with Crippen LogP contribution >= 0.6 is 11.8 Å². The Labute approximate surface area is 124 Å². The van der Waals surface area contributed by atoms with Crippen molar-refractivity contribution in [3.05, 3.63) is 35.4 Å². The molecule has 20 heavy (non-hydrogen) atoms. The van der Waals surface area contributed by atoms with Crippen molar-refractivity contribution in [3.8, 4) is 0 Å². The van der Waals surface area contributed by atoms with E-state index in [0.29, 0.717) is 0 Å². The summed E-state index contributed by atoms with van der Waals surface area (Å²) >= 11 is 1.12. The Morgan fingerprint density at radius 3 is 2.50 bits per heavy atom. The van der Waals surface area contributed by atoms with Gasteiger partial charge < -0.3 is 10.4 Å². The lowest BCUT2D eigenvalue weighted by Gasteiger charge is -2.20. The molecule has 0 saturated heterocycles. The summed E-state index contributed by atoms with van der Waals surface area (Å²) in [6.45, 7) is 7.11. The van der Waals surface area contributed by atoms with Crippen LogP contribution in [0.2, 0.25) is 0 Å². The van der Waals surface area contributed by atoms with Crippen LogP contribution in [0.15, 0.2) is 24.3 Å². The highest BCUT2D eigenvalue weighted by Gasteiger charge is 2.28. The van der Waals surface area contributed by atoms with Crippen molar-refractivity contribution in [1.29, 1.82) is 0 Å². The van der Waals surface area contributed by atoms with Gasteiger partial charge in [-0.2, -0.15) is 0 Å². The van der Waals surface area contributed by atoms with Gasteiger partial charge in [0.1, 0.15) is 4.75 Å². The van der Waals surface area contributed by atoms with E-state index in [9.17, 15) is 9.59 Å². The van der Waals surface area contributed by atoms with E-state index in [0.717, 1.165) is 22.9 Å². The summed E-state index contributed by atoms with van der Waals surface area (Å²) in [5.41, 5.74) is 2.20. The van der Waals surface area contributed by atoms with Crippen LogP contribution < -0.4 is 5.32 Å². The van der Waals surface area contributed by atoms with Gasteiger partial charge in [0.2, 0.25) is 5.91 Å². The first kappa shape index (κ1) is 16.6. The molecule has 0 aromatic heterocycles. The molecular weight excluding hydrogens is 274 g/mol. The van der Waals surface area contributed by atoms with Crippen LogP contribution in [-0.2, 0) is 9.59 Å². The Kier molecular flexibility index (Phi) is 5.62. The van der Waals surface area contributed by atoms with Crippen LogP contribution in [0.25, 0.3) is 0 Å². The SMILES string of the molecule is Cc1ccccc1C(C)NC(=O)CSC(C)(C)C(=O)O. The highest BCUT2D eigenvalue weighted by atomic mass is 32.2. The first-order valence-electron chi connectivity index (χ1n) is 6.46. The molecular formula is C15H21NO3S. The highest BCUT2D eigenvalue weighted by molar-refractivity contribution is 8.01. The molecule has 0 aliphatic carbocycles. The Balaban J connectivity index is 2.55. The number of thioether (sulfide) groups is 1. The quantitative estimate of drug-likeness (QED) is 0.847. The van der Waals surface area contributed by atoms with Crippen LogP contribution in [0.3, 0.4) is 0 Å². The molecule has 0 bridgehead atoms. The van der Waals surface area contributed by atoms with Crippen molar-refractivity contribution in [2.75, 3.05) is 5.75 Å². The number of carbonyl (C=O) groups is 2. The topological polar surface area (TPSA) is 66.4 Å². The minimum Gasteiger partial charge on any atom is -0.480 e. The smallest absolute Gasteiger partial charge is 0.319 e. The van der Waals surface area contributed by atoms with Gasteiger partial charge in [0.25, 0.3) is 0 Å². The molecule has 0 fully saturated rings. The van der Waals surface area contributed by atoms with E-state index in [2.05, 4.69) is 5.32 Å². The zero-order valence-electron chi connectivity index (χ0n) is 12.3. The average Bonchev–Trinajstić information content (AvgIpc) is 2.36. The van der Waals surface area contributed by atoms with E-state index in [4.69, 9.17) is 5.11 Å². The van der Waals surface area contributed by atoms with Gasteiger partial charge in [-0.3, -0.25) is 9.59 Å². The predicted molar refractivity (Wildman–Crippen MR) is 81.9 cm³/mol. The molecule has 0 aliphatic heterocycles. The Bertz CT molecular complexity index is 500. The third-order valence-corrected chi connectivity index (χ3v) is 4.41. The fourth-order valence-electron chi connectivity index (χ4n) is 1.74. The first-order chi connectivity index (χ1) is 9.24. The van der Waals surface area contributed by atoms with Gasteiger partial charge in [0.05, 0.1) is 11.8 Å². The Morgan fingerprint density at radius 1 is 1.35 bits per heavy atom. The molecule has 5 heteroatoms. The Hall–Kier alpha value is -1.49. The van der Waals surface area contributed by atoms with E-state index in [1.165, 1.54) is 0 Å². The van der Waals surface area contributed by atoms with Crippen molar-refractivity contribution >= 4 is 23.6 Å². The summed E-state index contributed by atoms with van der Waals surface area (Å²) in [4.78, 5) is 22.9. The molecule has 1 amide bonds. The van der Waals surface area contributed by atoms with Crippen LogP contribution in [0.1, 0.15) is 37.9 Å². The highest BCUT2D eigenvalue weighted by Crippen LogP contribution is 2.24. The summed E-state index contributed by atoms with van der Waals surface area (Å²) in [5, 5.41) is 11.9. The molecule has 0 aliphatic rings. The number of benzene rings is 1. The minimum atomic E-state index is -0.955. The van der Waals surface area contributed by atoms with Gasteiger partial charge in [0.15, 0.2) is 0 Å². The van der Waals surface area contributed by atoms with Gasteiger partial charge in [-0.05, 0) is 38.8 Å². The van der Waals surface area contributed by atoms with Gasteiger partial charge >= 0.3 is 5.97 Å². The van der Waals surface area contributed by atoms with Gasteiger partial charge in [-0.25, -0.2) is 0 Å². The monoisotopic (exact) mass is 295 g/mol. The lowest BCUT2D eigenvalue weighted by atomic mass is 10.0. The number of carboxylic acid groups (broad SMARTS) is 1. The largest absolute Gasteiger partial charge is 0.480 e. The molecule has 110 valence electrons. The number of amides is 1. The molecule has 0 radical (unpaired) electrons. The van der Waals surface area contributed by atoms with Gasteiger partial charge in [-0.1, -0.05) is 24.3 Å². The number of hydrogen-bond acceptors (Lipinski definition) is 3. The molecule has 1 aromatic carbocycles. The fourth-order valence-corrected chi connectivity index (χ4v) is 2.44. The second-order valence-electron chi connectivity index (χ2n) is 5.25. The van der Waals surface area contributed by atoms with Crippen LogP contribution in [-0.4, -0.2) is 27.5 Å². The summed E-state index contributed by atoms with van der Waals surface area (Å²) in [7, 11) is 0. The van der Waals surface area contributed by atoms with E-state index >= 15 is 0 Å². The second-order valence-corrected chi connectivity index (χ2v) is 6.85. The van der Waals surface area contributed by atoms with E-state index in [-0.39, 0.29) is 17.7 Å². The maximum absolute atomic E-state index is 11.9. The Morgan fingerprint density at radius 2 is 1.95 bits per heavy atom. The average molecular weight is 295 g/mol. The van der Waals surface area contributed by atoms with Crippen molar-refractivity contribution < 1.29 is 14.7 Å². The summed E-state index contributed by atoms with van der Waals surface area (Å²) in [6, 6.07) is 7.79. The van der Waals surface area contributed by atoms with E-state index < -0.39 is 10.7 Å². The first-order valence-corrected chi connectivity index (χ1v) is 7.45. The number of rotatable bonds is 6. The lowest BCUT2D eigenvalue weighted by Crippen LogP contribution is -2.33. The maximum Gasteiger partial charge on any atom is 0.319 e.